The summed E-state index contributed by atoms with van der Waals surface area (Å²) in [7, 11) is 0. The molecule has 0 saturated carbocycles. The van der Waals surface area contributed by atoms with E-state index in [1.54, 1.807) is 0 Å². The van der Waals surface area contributed by atoms with E-state index in [4.69, 9.17) is 0 Å². The molecule has 2 aliphatic heterocycles. The highest BCUT2D eigenvalue weighted by Gasteiger charge is 2.35. The van der Waals surface area contributed by atoms with Gasteiger partial charge in [0.05, 0.1) is 22.3 Å². The predicted octanol–water partition coefficient (Wildman–Crippen LogP) is 7.76. The summed E-state index contributed by atoms with van der Waals surface area (Å²) in [5.74, 6) is -3.18. The maximum atomic E-state index is 11.7. The quantitative estimate of drug-likeness (QED) is 0.0836. The summed E-state index contributed by atoms with van der Waals surface area (Å²) in [6.07, 6.45) is 0. The van der Waals surface area contributed by atoms with Crippen molar-refractivity contribution < 1.29 is 28.7 Å². The highest BCUT2D eigenvalue weighted by molar-refractivity contribution is 6.29. The lowest BCUT2D eigenvalue weighted by molar-refractivity contribution is 0.0366. The number of esters is 4. The van der Waals surface area contributed by atoms with Crippen molar-refractivity contribution in [3.63, 3.8) is 0 Å². The lowest BCUT2D eigenvalue weighted by atomic mass is 9.89. The van der Waals surface area contributed by atoms with Crippen LogP contribution in [0.5, 0.6) is 0 Å². The Kier molecular flexibility index (Phi) is 5.03. The molecule has 42 heavy (non-hydrogen) atoms. The summed E-state index contributed by atoms with van der Waals surface area (Å²) in [6, 6.07) is 36.3. The molecule has 0 atom stereocenters. The van der Waals surface area contributed by atoms with Crippen LogP contribution in [0.4, 0.5) is 0 Å². The molecule has 2 aliphatic rings. The Balaban J connectivity index is 0.000000128. The number of carbonyl (C=O) groups is 4. The van der Waals surface area contributed by atoms with E-state index < -0.39 is 23.9 Å². The van der Waals surface area contributed by atoms with Crippen LogP contribution in [0.25, 0.3) is 53.9 Å². The Labute approximate surface area is 237 Å². The van der Waals surface area contributed by atoms with Gasteiger partial charge in [0, 0.05) is 10.8 Å². The number of ether oxygens (including phenoxy) is 2. The summed E-state index contributed by atoms with van der Waals surface area (Å²) >= 11 is 0. The molecule has 7 aromatic carbocycles. The Morgan fingerprint density at radius 1 is 0.333 bits per heavy atom. The van der Waals surface area contributed by atoms with Crippen molar-refractivity contribution >= 4 is 77.7 Å². The Morgan fingerprint density at radius 2 is 0.667 bits per heavy atom. The number of cyclic esters (lactones) is 4. The molecule has 0 bridgehead atoms. The third-order valence-electron chi connectivity index (χ3n) is 8.02. The molecule has 0 aliphatic carbocycles. The Morgan fingerprint density at radius 3 is 1.05 bits per heavy atom. The van der Waals surface area contributed by atoms with Gasteiger partial charge in [-0.15, -0.1) is 0 Å². The van der Waals surface area contributed by atoms with Gasteiger partial charge in [0.25, 0.3) is 0 Å². The smallest absolute Gasteiger partial charge is 0.346 e. The van der Waals surface area contributed by atoms with Gasteiger partial charge < -0.3 is 9.47 Å². The Bertz CT molecular complexity index is 2150. The van der Waals surface area contributed by atoms with E-state index in [2.05, 4.69) is 94.4 Å². The molecule has 0 unspecified atom stereocenters. The molecular weight excluding hydrogens is 528 g/mol. The zero-order chi connectivity index (χ0) is 28.5. The average Bonchev–Trinajstić information content (AvgIpc) is 3.02. The zero-order valence-corrected chi connectivity index (χ0v) is 21.8. The van der Waals surface area contributed by atoms with E-state index in [0.717, 1.165) is 0 Å². The van der Waals surface area contributed by atoms with Gasteiger partial charge in [-0.3, -0.25) is 0 Å². The average molecular weight is 547 g/mol. The van der Waals surface area contributed by atoms with Gasteiger partial charge in [0.1, 0.15) is 0 Å². The maximum Gasteiger partial charge on any atom is 0.346 e. The van der Waals surface area contributed by atoms with E-state index in [1.807, 2.05) is 0 Å². The molecule has 0 fully saturated rings. The molecule has 7 aromatic rings. The van der Waals surface area contributed by atoms with Crippen molar-refractivity contribution in [2.24, 2.45) is 0 Å². The van der Waals surface area contributed by atoms with Gasteiger partial charge in [-0.25, -0.2) is 19.2 Å². The lowest BCUT2D eigenvalue weighted by Crippen LogP contribution is -2.25. The van der Waals surface area contributed by atoms with E-state index in [1.165, 1.54) is 67.4 Å². The van der Waals surface area contributed by atoms with Crippen LogP contribution in [-0.4, -0.2) is 23.9 Å². The van der Waals surface area contributed by atoms with Crippen molar-refractivity contribution in [1.29, 1.82) is 0 Å². The minimum Gasteiger partial charge on any atom is -0.386 e. The first-order chi connectivity index (χ1) is 20.5. The van der Waals surface area contributed by atoms with Crippen LogP contribution in [-0.2, 0) is 9.47 Å². The van der Waals surface area contributed by atoms with Crippen LogP contribution in [0.15, 0.2) is 109 Å². The summed E-state index contributed by atoms with van der Waals surface area (Å²) < 4.78 is 9.22. The number of benzene rings is 7. The molecule has 0 saturated heterocycles. The zero-order valence-electron chi connectivity index (χ0n) is 21.8. The molecule has 0 radical (unpaired) electrons. The first-order valence-corrected chi connectivity index (χ1v) is 13.3. The molecule has 0 spiro atoms. The Hall–Kier alpha value is -5.88. The van der Waals surface area contributed by atoms with Crippen LogP contribution in [0.1, 0.15) is 41.4 Å². The van der Waals surface area contributed by atoms with Gasteiger partial charge >= 0.3 is 23.9 Å². The molecule has 0 N–H and O–H groups in total. The van der Waals surface area contributed by atoms with Gasteiger partial charge in [-0.2, -0.15) is 0 Å². The fourth-order valence-electron chi connectivity index (χ4n) is 6.07. The van der Waals surface area contributed by atoms with Crippen molar-refractivity contribution in [1.82, 2.24) is 0 Å². The number of hydrogen-bond donors (Lipinski definition) is 0. The van der Waals surface area contributed by atoms with Crippen molar-refractivity contribution in [2.45, 2.75) is 0 Å². The van der Waals surface area contributed by atoms with E-state index in [-0.39, 0.29) is 33.0 Å². The molecule has 6 heteroatoms. The largest absolute Gasteiger partial charge is 0.386 e. The second-order valence-corrected chi connectivity index (χ2v) is 10.3. The number of carbonyl (C=O) groups excluding carboxylic acids is 4. The number of rotatable bonds is 0. The normalized spacial score (nSPS) is 13.8. The standard InChI is InChI=1S/C22H14.C14H4O6/c1-3-7-19-15(5-1)9-11-17-14-22-18(13-21(17)19)12-10-16-6-2-4-8-20(16)22;15-11-5-1-2-6-10-8(14(18)20-12(6)16)4-3-7(9(5)10)13(17)19-11/h1-14H;1-4H. The summed E-state index contributed by atoms with van der Waals surface area (Å²) in [6.45, 7) is 0. The molecule has 198 valence electrons. The molecule has 0 amide bonds. The first-order valence-electron chi connectivity index (χ1n) is 13.3. The van der Waals surface area contributed by atoms with Gasteiger partial charge in [0.15, 0.2) is 0 Å². The maximum absolute atomic E-state index is 11.7. The second-order valence-electron chi connectivity index (χ2n) is 10.3. The highest BCUT2D eigenvalue weighted by atomic mass is 16.6. The van der Waals surface area contributed by atoms with Crippen molar-refractivity contribution in [2.75, 3.05) is 0 Å². The van der Waals surface area contributed by atoms with Crippen LogP contribution < -0.4 is 0 Å². The summed E-state index contributed by atoms with van der Waals surface area (Å²) in [4.78, 5) is 46.9. The third kappa shape index (κ3) is 3.45. The molecule has 2 heterocycles. The van der Waals surface area contributed by atoms with Crippen LogP contribution >= 0.6 is 0 Å². The molecular formula is C36H18O6. The van der Waals surface area contributed by atoms with E-state index in [0.29, 0.717) is 0 Å². The monoisotopic (exact) mass is 546 g/mol. The number of fused-ring (bicyclic) bond motifs is 6. The third-order valence-corrected chi connectivity index (χ3v) is 8.02. The SMILES string of the molecule is O=C1OC(=O)c2ccc3c4c(ccc1c24)C(=O)OC3=O.c1ccc2c(c1)ccc1cc3c(ccc4ccccc43)cc12. The van der Waals surface area contributed by atoms with Gasteiger partial charge in [0.2, 0.25) is 0 Å². The minimum atomic E-state index is -0.794. The predicted molar refractivity (Wildman–Crippen MR) is 160 cm³/mol. The number of hydrogen-bond acceptors (Lipinski definition) is 6. The lowest BCUT2D eigenvalue weighted by Gasteiger charge is -2.21. The molecule has 9 rings (SSSR count). The fraction of sp³-hybridized carbons (Fsp3) is 0. The van der Waals surface area contributed by atoms with E-state index in [9.17, 15) is 19.2 Å². The van der Waals surface area contributed by atoms with Crippen molar-refractivity contribution in [3.05, 3.63) is 131 Å². The topological polar surface area (TPSA) is 86.7 Å². The molecule has 6 nitrogen and oxygen atoms in total. The first kappa shape index (κ1) is 24.0. The van der Waals surface area contributed by atoms with Gasteiger partial charge in [-0.05, 0) is 79.5 Å². The van der Waals surface area contributed by atoms with Crippen LogP contribution in [0, 0.1) is 0 Å². The van der Waals surface area contributed by atoms with E-state index >= 15 is 0 Å². The second kappa shape index (κ2) is 8.81. The molecule has 0 aromatic heterocycles. The summed E-state index contributed by atoms with van der Waals surface area (Å²) in [5, 5.41) is 11.1. The fourth-order valence-corrected chi connectivity index (χ4v) is 6.07. The summed E-state index contributed by atoms with van der Waals surface area (Å²) in [5.41, 5.74) is 0.621. The van der Waals surface area contributed by atoms with Crippen LogP contribution in [0.3, 0.4) is 0 Å². The van der Waals surface area contributed by atoms with Crippen molar-refractivity contribution in [3.8, 4) is 0 Å². The highest BCUT2D eigenvalue weighted by Crippen LogP contribution is 2.36. The van der Waals surface area contributed by atoms with Crippen LogP contribution in [0.2, 0.25) is 0 Å². The minimum absolute atomic E-state index is 0.155. The van der Waals surface area contributed by atoms with Gasteiger partial charge in [-0.1, -0.05) is 72.8 Å².